The summed E-state index contributed by atoms with van der Waals surface area (Å²) in [6, 6.07) is 8.28. The van der Waals surface area contributed by atoms with Gasteiger partial charge < -0.3 is 20.6 Å². The summed E-state index contributed by atoms with van der Waals surface area (Å²) in [6.07, 6.45) is 5.94. The standard InChI is InChI=1S/C17H30N4O.C13H20N2S/c1-16(2,3)13-6-8-21(9-7-13)15-11-18-10-14(19-15)20-17(4,5)12-22;1-10(2)14-11-7-6-8-12(9-11)16-15-13(3,4)5/h10-11,13,22H,6-9,12H2,1-5H3,(H,19,20);6-9,14-15H,1H2,2-5H3. The Bertz CT molecular complexity index is 1020. The van der Waals surface area contributed by atoms with Gasteiger partial charge in [-0.1, -0.05) is 33.4 Å². The van der Waals surface area contributed by atoms with Crippen molar-refractivity contribution in [3.8, 4) is 0 Å². The summed E-state index contributed by atoms with van der Waals surface area (Å²) in [7, 11) is 0. The molecule has 1 aliphatic heterocycles. The largest absolute Gasteiger partial charge is 0.394 e. The maximum Gasteiger partial charge on any atom is 0.149 e. The van der Waals surface area contributed by atoms with Gasteiger partial charge in [0, 0.05) is 34.9 Å². The summed E-state index contributed by atoms with van der Waals surface area (Å²) in [5.41, 5.74) is 2.13. The summed E-state index contributed by atoms with van der Waals surface area (Å²) in [5.74, 6) is 2.41. The lowest BCUT2D eigenvalue weighted by Gasteiger charge is -2.39. The molecule has 0 atom stereocenters. The maximum atomic E-state index is 9.36. The average Bonchev–Trinajstić information content (AvgIpc) is 2.82. The van der Waals surface area contributed by atoms with Crippen molar-refractivity contribution >= 4 is 29.3 Å². The Morgan fingerprint density at radius 2 is 1.74 bits per heavy atom. The molecule has 1 aliphatic rings. The van der Waals surface area contributed by atoms with Gasteiger partial charge in [-0.2, -0.15) is 0 Å². The van der Waals surface area contributed by atoms with E-state index in [4.69, 9.17) is 0 Å². The van der Waals surface area contributed by atoms with Crippen LogP contribution in [-0.4, -0.2) is 45.8 Å². The molecule has 1 fully saturated rings. The molecule has 1 aromatic heterocycles. The van der Waals surface area contributed by atoms with Crippen LogP contribution in [0.25, 0.3) is 0 Å². The van der Waals surface area contributed by atoms with Crippen molar-refractivity contribution in [2.75, 3.05) is 35.2 Å². The Morgan fingerprint density at radius 1 is 1.08 bits per heavy atom. The Hall–Kier alpha value is -2.29. The smallest absolute Gasteiger partial charge is 0.149 e. The van der Waals surface area contributed by atoms with Crippen LogP contribution in [0.15, 0.2) is 53.8 Å². The van der Waals surface area contributed by atoms with Crippen molar-refractivity contribution in [2.24, 2.45) is 11.3 Å². The van der Waals surface area contributed by atoms with Crippen molar-refractivity contribution in [2.45, 2.75) is 91.1 Å². The van der Waals surface area contributed by atoms with E-state index in [0.717, 1.165) is 42.0 Å². The number of aliphatic hydroxyl groups is 1. The first-order valence-corrected chi connectivity index (χ1v) is 14.3. The molecule has 2 aromatic rings. The summed E-state index contributed by atoms with van der Waals surface area (Å²) in [6.45, 7) is 25.2. The molecule has 0 radical (unpaired) electrons. The van der Waals surface area contributed by atoms with Gasteiger partial charge in [0.15, 0.2) is 0 Å². The van der Waals surface area contributed by atoms with E-state index >= 15 is 0 Å². The number of aliphatic hydroxyl groups excluding tert-OH is 1. The van der Waals surface area contributed by atoms with Crippen molar-refractivity contribution in [3.05, 3.63) is 48.9 Å². The zero-order valence-corrected chi connectivity index (χ0v) is 25.8. The Labute approximate surface area is 235 Å². The van der Waals surface area contributed by atoms with E-state index in [-0.39, 0.29) is 12.1 Å². The van der Waals surface area contributed by atoms with E-state index in [9.17, 15) is 5.11 Å². The molecule has 2 heterocycles. The lowest BCUT2D eigenvalue weighted by Crippen LogP contribution is -2.39. The van der Waals surface area contributed by atoms with E-state index in [1.807, 2.05) is 39.1 Å². The molecule has 1 aromatic carbocycles. The highest BCUT2D eigenvalue weighted by molar-refractivity contribution is 7.97. The lowest BCUT2D eigenvalue weighted by molar-refractivity contribution is 0.198. The third kappa shape index (κ3) is 11.6. The summed E-state index contributed by atoms with van der Waals surface area (Å²) in [5, 5.41) is 15.8. The Balaban J connectivity index is 0.000000281. The number of nitrogens with one attached hydrogen (secondary N) is 3. The minimum atomic E-state index is -0.396. The second-order valence-electron chi connectivity index (χ2n) is 12.9. The van der Waals surface area contributed by atoms with Crippen LogP contribution in [0.2, 0.25) is 0 Å². The zero-order chi connectivity index (χ0) is 28.6. The number of allylic oxidation sites excluding steroid dienone is 1. The Morgan fingerprint density at radius 3 is 2.29 bits per heavy atom. The van der Waals surface area contributed by atoms with Gasteiger partial charge in [0.1, 0.15) is 11.6 Å². The summed E-state index contributed by atoms with van der Waals surface area (Å²) >= 11 is 1.65. The van der Waals surface area contributed by atoms with E-state index in [1.165, 1.54) is 17.7 Å². The first-order valence-electron chi connectivity index (χ1n) is 13.5. The molecule has 3 rings (SSSR count). The molecule has 0 spiro atoms. The van der Waals surface area contributed by atoms with Gasteiger partial charge in [-0.25, -0.2) is 4.98 Å². The highest BCUT2D eigenvalue weighted by Gasteiger charge is 2.29. The molecule has 212 valence electrons. The molecular weight excluding hydrogens is 492 g/mol. The van der Waals surface area contributed by atoms with Gasteiger partial charge in [-0.05, 0) is 95.9 Å². The number of hydrogen-bond donors (Lipinski definition) is 4. The number of piperidine rings is 1. The molecular formula is C30H50N6OS. The van der Waals surface area contributed by atoms with E-state index in [0.29, 0.717) is 5.41 Å². The maximum absolute atomic E-state index is 9.36. The molecule has 0 unspecified atom stereocenters. The van der Waals surface area contributed by atoms with Gasteiger partial charge in [0.05, 0.1) is 24.5 Å². The van der Waals surface area contributed by atoms with Crippen LogP contribution in [0.1, 0.15) is 75.2 Å². The average molecular weight is 543 g/mol. The van der Waals surface area contributed by atoms with Crippen LogP contribution in [0, 0.1) is 11.3 Å². The van der Waals surface area contributed by atoms with Gasteiger partial charge >= 0.3 is 0 Å². The quantitative estimate of drug-likeness (QED) is 0.267. The van der Waals surface area contributed by atoms with Crippen LogP contribution in [-0.2, 0) is 0 Å². The molecule has 8 heteroatoms. The zero-order valence-electron chi connectivity index (χ0n) is 25.0. The summed E-state index contributed by atoms with van der Waals surface area (Å²) < 4.78 is 3.39. The molecule has 0 saturated carbocycles. The fourth-order valence-corrected chi connectivity index (χ4v) is 4.78. The van der Waals surface area contributed by atoms with E-state index < -0.39 is 5.54 Å². The van der Waals surface area contributed by atoms with E-state index in [1.54, 1.807) is 18.1 Å². The number of anilines is 3. The van der Waals surface area contributed by atoms with Crippen LogP contribution < -0.4 is 20.3 Å². The molecule has 7 nitrogen and oxygen atoms in total. The molecule has 0 bridgehead atoms. The second kappa shape index (κ2) is 13.7. The number of benzene rings is 1. The molecule has 0 aliphatic carbocycles. The van der Waals surface area contributed by atoms with Crippen molar-refractivity contribution < 1.29 is 5.11 Å². The highest BCUT2D eigenvalue weighted by Crippen LogP contribution is 2.35. The minimum Gasteiger partial charge on any atom is -0.394 e. The SMILES string of the molecule is C=C(C)Nc1cccc(SNC(C)(C)C)c1.CC(C)(CO)Nc1cncc(N2CCC(C(C)(C)C)CC2)n1. The van der Waals surface area contributed by atoms with E-state index in [2.05, 4.69) is 90.5 Å². The predicted octanol–water partition coefficient (Wildman–Crippen LogP) is 6.95. The van der Waals surface area contributed by atoms with Crippen LogP contribution >= 0.6 is 11.9 Å². The molecule has 1 saturated heterocycles. The monoisotopic (exact) mass is 542 g/mol. The van der Waals surface area contributed by atoms with Gasteiger partial charge in [0.25, 0.3) is 0 Å². The van der Waals surface area contributed by atoms with Crippen molar-refractivity contribution in [3.63, 3.8) is 0 Å². The Kier molecular flexibility index (Phi) is 11.5. The fourth-order valence-electron chi connectivity index (χ4n) is 4.02. The minimum absolute atomic E-state index is 0.0515. The number of nitrogens with zero attached hydrogens (tertiary/aromatic N) is 3. The molecule has 0 amide bonds. The van der Waals surface area contributed by atoms with Gasteiger partial charge in [-0.3, -0.25) is 9.71 Å². The predicted molar refractivity (Wildman–Crippen MR) is 165 cm³/mol. The normalized spacial score (nSPS) is 14.9. The fraction of sp³-hybridized carbons (Fsp3) is 0.600. The van der Waals surface area contributed by atoms with Gasteiger partial charge in [0.2, 0.25) is 0 Å². The summed E-state index contributed by atoms with van der Waals surface area (Å²) in [4.78, 5) is 12.5. The second-order valence-corrected chi connectivity index (χ2v) is 13.8. The van der Waals surface area contributed by atoms with Crippen LogP contribution in [0.4, 0.5) is 17.3 Å². The number of rotatable bonds is 8. The van der Waals surface area contributed by atoms with Crippen LogP contribution in [0.5, 0.6) is 0 Å². The van der Waals surface area contributed by atoms with Gasteiger partial charge in [-0.15, -0.1) is 0 Å². The van der Waals surface area contributed by atoms with Crippen molar-refractivity contribution in [1.82, 2.24) is 14.7 Å². The third-order valence-corrected chi connectivity index (χ3v) is 7.40. The lowest BCUT2D eigenvalue weighted by atomic mass is 9.75. The first kappa shape index (κ1) is 31.9. The topological polar surface area (TPSA) is 85.3 Å². The molecule has 38 heavy (non-hydrogen) atoms. The third-order valence-electron chi connectivity index (χ3n) is 6.19. The molecule has 4 N–H and O–H groups in total. The van der Waals surface area contributed by atoms with Crippen LogP contribution in [0.3, 0.4) is 0 Å². The first-order chi connectivity index (χ1) is 17.6. The number of aromatic nitrogens is 2. The highest BCUT2D eigenvalue weighted by atomic mass is 32.2. The number of hydrogen-bond acceptors (Lipinski definition) is 8. The van der Waals surface area contributed by atoms with Crippen molar-refractivity contribution in [1.29, 1.82) is 0 Å².